The fourth-order valence-electron chi connectivity index (χ4n) is 1.40. The first-order valence-corrected chi connectivity index (χ1v) is 4.80. The van der Waals surface area contributed by atoms with Gasteiger partial charge in [-0.15, -0.1) is 0 Å². The van der Waals surface area contributed by atoms with Crippen LogP contribution in [0.3, 0.4) is 0 Å². The molecule has 0 spiro atoms. The lowest BCUT2D eigenvalue weighted by Crippen LogP contribution is -2.26. The molecule has 0 fully saturated rings. The van der Waals surface area contributed by atoms with Crippen molar-refractivity contribution in [1.29, 1.82) is 0 Å². The third-order valence-electron chi connectivity index (χ3n) is 2.22. The fraction of sp³-hybridized carbons (Fsp3) is 0.300. The molecule has 2 N–H and O–H groups in total. The summed E-state index contributed by atoms with van der Waals surface area (Å²) in [7, 11) is 1.53. The van der Waals surface area contributed by atoms with E-state index in [2.05, 4.69) is 9.97 Å². The molecule has 0 amide bonds. The highest BCUT2D eigenvalue weighted by molar-refractivity contribution is 5.98. The molecule has 2 aromatic heterocycles. The van der Waals surface area contributed by atoms with E-state index in [1.165, 1.54) is 7.11 Å². The van der Waals surface area contributed by atoms with Gasteiger partial charge >= 0.3 is 0 Å². The molecule has 6 heteroatoms. The van der Waals surface area contributed by atoms with Crippen LogP contribution in [-0.4, -0.2) is 33.3 Å². The van der Waals surface area contributed by atoms with Crippen molar-refractivity contribution in [2.45, 2.75) is 13.0 Å². The van der Waals surface area contributed by atoms with E-state index in [1.807, 2.05) is 0 Å². The second kappa shape index (κ2) is 3.90. The predicted octanol–water partition coefficient (Wildman–Crippen LogP) is 0.268. The van der Waals surface area contributed by atoms with Gasteiger partial charge in [0.2, 0.25) is 5.88 Å². The van der Waals surface area contributed by atoms with Gasteiger partial charge < -0.3 is 10.5 Å². The summed E-state index contributed by atoms with van der Waals surface area (Å²) >= 11 is 0. The van der Waals surface area contributed by atoms with Gasteiger partial charge in [-0.25, -0.2) is 4.98 Å². The average Bonchev–Trinajstić information content (AvgIpc) is 2.70. The third kappa shape index (κ3) is 1.63. The molecule has 0 bridgehead atoms. The van der Waals surface area contributed by atoms with E-state index >= 15 is 0 Å². The van der Waals surface area contributed by atoms with Gasteiger partial charge in [-0.05, 0) is 6.92 Å². The van der Waals surface area contributed by atoms with Crippen LogP contribution in [0.25, 0.3) is 5.65 Å². The highest BCUT2D eigenvalue weighted by Gasteiger charge is 2.15. The summed E-state index contributed by atoms with van der Waals surface area (Å²) in [6.07, 6.45) is 4.71. The first-order valence-electron chi connectivity index (χ1n) is 4.80. The van der Waals surface area contributed by atoms with Crippen LogP contribution < -0.4 is 10.5 Å². The van der Waals surface area contributed by atoms with Crippen molar-refractivity contribution in [3.05, 3.63) is 24.3 Å². The average molecular weight is 220 g/mol. The van der Waals surface area contributed by atoms with Crippen molar-refractivity contribution in [2.75, 3.05) is 7.11 Å². The minimum absolute atomic E-state index is 0.203. The first-order chi connectivity index (χ1) is 7.63. The maximum atomic E-state index is 11.7. The number of aromatic nitrogens is 3. The zero-order valence-corrected chi connectivity index (χ0v) is 9.04. The zero-order valence-electron chi connectivity index (χ0n) is 9.04. The summed E-state index contributed by atoms with van der Waals surface area (Å²) < 4.78 is 6.75. The smallest absolute Gasteiger partial charge is 0.218 e. The molecule has 1 unspecified atom stereocenters. The Labute approximate surface area is 92.1 Å². The van der Waals surface area contributed by atoms with Crippen molar-refractivity contribution in [2.24, 2.45) is 5.73 Å². The largest absolute Gasteiger partial charge is 0.481 e. The second-order valence-corrected chi connectivity index (χ2v) is 3.46. The number of nitrogens with two attached hydrogens (primary N) is 1. The normalized spacial score (nSPS) is 12.7. The van der Waals surface area contributed by atoms with E-state index in [4.69, 9.17) is 10.5 Å². The van der Waals surface area contributed by atoms with Gasteiger partial charge in [-0.3, -0.25) is 14.2 Å². The lowest BCUT2D eigenvalue weighted by molar-refractivity contribution is 0.0963. The summed E-state index contributed by atoms with van der Waals surface area (Å²) in [6, 6.07) is -0.566. The molecule has 2 aromatic rings. The third-order valence-corrected chi connectivity index (χ3v) is 2.22. The van der Waals surface area contributed by atoms with Gasteiger partial charge in [-0.2, -0.15) is 0 Å². The van der Waals surface area contributed by atoms with Crippen molar-refractivity contribution in [3.8, 4) is 5.88 Å². The number of fused-ring (bicyclic) bond motifs is 1. The van der Waals surface area contributed by atoms with Crippen LogP contribution in [0.2, 0.25) is 0 Å². The number of methoxy groups -OCH3 is 1. The Bertz CT molecular complexity index is 533. The van der Waals surface area contributed by atoms with E-state index in [0.29, 0.717) is 17.2 Å². The van der Waals surface area contributed by atoms with E-state index in [1.54, 1.807) is 29.9 Å². The van der Waals surface area contributed by atoms with Crippen LogP contribution in [-0.2, 0) is 0 Å². The topological polar surface area (TPSA) is 82.5 Å². The van der Waals surface area contributed by atoms with Gasteiger partial charge in [0.25, 0.3) is 0 Å². The Kier molecular flexibility index (Phi) is 2.57. The number of ketones is 1. The van der Waals surface area contributed by atoms with Crippen LogP contribution in [0.1, 0.15) is 17.4 Å². The van der Waals surface area contributed by atoms with Crippen molar-refractivity contribution < 1.29 is 9.53 Å². The Morgan fingerprint density at radius 1 is 1.56 bits per heavy atom. The Balaban J connectivity index is 2.56. The molecule has 2 heterocycles. The van der Waals surface area contributed by atoms with Gasteiger partial charge in [0.15, 0.2) is 11.4 Å². The summed E-state index contributed by atoms with van der Waals surface area (Å²) in [5.74, 6) is 0.319. The first kappa shape index (κ1) is 10.6. The molecule has 0 saturated heterocycles. The molecule has 84 valence electrons. The summed E-state index contributed by atoms with van der Waals surface area (Å²) in [4.78, 5) is 19.7. The highest BCUT2D eigenvalue weighted by atomic mass is 16.5. The number of hydrogen-bond donors (Lipinski definition) is 1. The quantitative estimate of drug-likeness (QED) is 0.750. The van der Waals surface area contributed by atoms with Gasteiger partial charge in [0.05, 0.1) is 25.5 Å². The van der Waals surface area contributed by atoms with Crippen LogP contribution in [0.5, 0.6) is 5.88 Å². The maximum Gasteiger partial charge on any atom is 0.218 e. The van der Waals surface area contributed by atoms with Gasteiger partial charge in [0, 0.05) is 6.20 Å². The number of Topliss-reactive ketones (excluding diaryl/α,β-unsaturated/α-hetero) is 1. The summed E-state index contributed by atoms with van der Waals surface area (Å²) in [5, 5.41) is 0. The van der Waals surface area contributed by atoms with E-state index < -0.39 is 6.04 Å². The number of carbonyl (C=O) groups is 1. The van der Waals surface area contributed by atoms with Crippen LogP contribution in [0, 0.1) is 0 Å². The minimum atomic E-state index is -0.566. The molecule has 0 aliphatic rings. The minimum Gasteiger partial charge on any atom is -0.481 e. The van der Waals surface area contributed by atoms with Crippen LogP contribution in [0.15, 0.2) is 18.6 Å². The number of ether oxygens (including phenoxy) is 1. The van der Waals surface area contributed by atoms with Crippen molar-refractivity contribution in [1.82, 2.24) is 14.4 Å². The number of nitrogens with zero attached hydrogens (tertiary/aromatic N) is 3. The molecule has 0 saturated carbocycles. The monoisotopic (exact) mass is 220 g/mol. The zero-order chi connectivity index (χ0) is 11.7. The van der Waals surface area contributed by atoms with E-state index in [-0.39, 0.29) is 5.78 Å². The van der Waals surface area contributed by atoms with Gasteiger partial charge in [-0.1, -0.05) is 0 Å². The number of imidazole rings is 1. The SMILES string of the molecule is COc1cncc2nc(C(=O)C(C)N)cn12. The molecule has 0 aromatic carbocycles. The number of rotatable bonds is 3. The molecule has 1 atom stereocenters. The Morgan fingerprint density at radius 3 is 2.94 bits per heavy atom. The van der Waals surface area contributed by atoms with Gasteiger partial charge in [0.1, 0.15) is 5.69 Å². The standard InChI is InChI=1S/C10H12N4O2/c1-6(11)10(15)7-5-14-8(13-7)3-12-4-9(14)16-2/h3-6H,11H2,1-2H3. The van der Waals surface area contributed by atoms with E-state index in [0.717, 1.165) is 0 Å². The molecule has 6 nitrogen and oxygen atoms in total. The summed E-state index contributed by atoms with van der Waals surface area (Å²) in [5.41, 5.74) is 6.39. The maximum absolute atomic E-state index is 11.7. The molecular weight excluding hydrogens is 208 g/mol. The number of carbonyl (C=O) groups excluding carboxylic acids is 1. The number of hydrogen-bond acceptors (Lipinski definition) is 5. The summed E-state index contributed by atoms with van der Waals surface area (Å²) in [6.45, 7) is 1.63. The fourth-order valence-corrected chi connectivity index (χ4v) is 1.40. The molecule has 0 aliphatic carbocycles. The predicted molar refractivity (Wildman–Crippen MR) is 57.5 cm³/mol. The van der Waals surface area contributed by atoms with Crippen molar-refractivity contribution >= 4 is 11.4 Å². The molecule has 0 aliphatic heterocycles. The molecule has 2 rings (SSSR count). The molecule has 16 heavy (non-hydrogen) atoms. The Hall–Kier alpha value is -1.95. The second-order valence-electron chi connectivity index (χ2n) is 3.46. The molecular formula is C10H12N4O2. The molecule has 0 radical (unpaired) electrons. The van der Waals surface area contributed by atoms with Crippen molar-refractivity contribution in [3.63, 3.8) is 0 Å². The van der Waals surface area contributed by atoms with E-state index in [9.17, 15) is 4.79 Å². The highest BCUT2D eigenvalue weighted by Crippen LogP contribution is 2.13. The van der Waals surface area contributed by atoms with Crippen LogP contribution in [0.4, 0.5) is 0 Å². The lowest BCUT2D eigenvalue weighted by Gasteiger charge is -2.00. The Morgan fingerprint density at radius 2 is 2.31 bits per heavy atom. The lowest BCUT2D eigenvalue weighted by atomic mass is 10.2. The van der Waals surface area contributed by atoms with Crippen LogP contribution >= 0.6 is 0 Å².